The van der Waals surface area contributed by atoms with Crippen molar-refractivity contribution in [3.05, 3.63) is 65.1 Å². The van der Waals surface area contributed by atoms with Crippen LogP contribution in [0.2, 0.25) is 0 Å². The Morgan fingerprint density at radius 2 is 2.00 bits per heavy atom. The van der Waals surface area contributed by atoms with Gasteiger partial charge in [-0.05, 0) is 57.4 Å². The maximum absolute atomic E-state index is 12.7. The smallest absolute Gasteiger partial charge is 0.331 e. The fourth-order valence-corrected chi connectivity index (χ4v) is 3.79. The van der Waals surface area contributed by atoms with Gasteiger partial charge in [0, 0.05) is 46.2 Å². The molecule has 1 aliphatic carbocycles. The van der Waals surface area contributed by atoms with Gasteiger partial charge in [-0.1, -0.05) is 18.2 Å². The van der Waals surface area contributed by atoms with Crippen molar-refractivity contribution in [1.29, 1.82) is 0 Å². The van der Waals surface area contributed by atoms with E-state index in [-0.39, 0.29) is 5.78 Å². The maximum atomic E-state index is 12.7. The number of carbonyl (C=O) groups is 2. The van der Waals surface area contributed by atoms with Gasteiger partial charge in [0.05, 0.1) is 0 Å². The van der Waals surface area contributed by atoms with Gasteiger partial charge < -0.3 is 14.3 Å². The van der Waals surface area contributed by atoms with E-state index in [1.54, 1.807) is 19.2 Å². The van der Waals surface area contributed by atoms with Crippen molar-refractivity contribution < 1.29 is 14.3 Å². The number of Topliss-reactive ketones (excluding diaryl/α,β-unsaturated/α-hetero) is 1. The first-order valence-electron chi connectivity index (χ1n) is 9.63. The number of aromatic amines is 1. The zero-order valence-corrected chi connectivity index (χ0v) is 16.4. The highest BCUT2D eigenvalue weighted by Crippen LogP contribution is 2.38. The van der Waals surface area contributed by atoms with E-state index in [9.17, 15) is 9.59 Å². The van der Waals surface area contributed by atoms with E-state index in [2.05, 4.69) is 29.5 Å². The molecule has 1 fully saturated rings. The van der Waals surface area contributed by atoms with Gasteiger partial charge in [0.2, 0.25) is 5.78 Å². The predicted octanol–water partition coefficient (Wildman–Crippen LogP) is 4.75. The number of hydrogen-bond acceptors (Lipinski definition) is 3. The molecule has 144 valence electrons. The number of H-pyrrole nitrogens is 1. The number of para-hydroxylation sites is 1. The second-order valence-corrected chi connectivity index (χ2v) is 7.45. The van der Waals surface area contributed by atoms with Crippen LogP contribution in [0.15, 0.2) is 42.6 Å². The molecule has 1 aromatic carbocycles. The number of carbonyl (C=O) groups excluding carboxylic acids is 2. The van der Waals surface area contributed by atoms with Crippen LogP contribution in [0.25, 0.3) is 17.0 Å². The normalized spacial score (nSPS) is 15.2. The standard InChI is InChI=1S/C23H24N2O3/c1-14-12-17(15(2)25(14)18-9-10-18)8-11-22(26)28-16(3)23(27)20-13-24-21-7-5-4-6-19(20)21/h4-8,11-13,16,18,24H,9-10H2,1-3H3/b11-8+/t16-/m0/s1. The van der Waals surface area contributed by atoms with Crippen molar-refractivity contribution in [3.8, 4) is 0 Å². The molecule has 0 amide bonds. The Hall–Kier alpha value is -3.08. The van der Waals surface area contributed by atoms with Crippen LogP contribution in [-0.2, 0) is 9.53 Å². The summed E-state index contributed by atoms with van der Waals surface area (Å²) in [4.78, 5) is 28.0. The van der Waals surface area contributed by atoms with Crippen molar-refractivity contribution in [2.24, 2.45) is 0 Å². The molecule has 1 aliphatic rings. The van der Waals surface area contributed by atoms with Gasteiger partial charge >= 0.3 is 5.97 Å². The lowest BCUT2D eigenvalue weighted by Gasteiger charge is -2.10. The Bertz CT molecular complexity index is 1080. The predicted molar refractivity (Wildman–Crippen MR) is 109 cm³/mol. The highest BCUT2D eigenvalue weighted by molar-refractivity contribution is 6.10. The quantitative estimate of drug-likeness (QED) is 0.384. The monoisotopic (exact) mass is 376 g/mol. The van der Waals surface area contributed by atoms with Gasteiger partial charge in [-0.25, -0.2) is 4.79 Å². The average Bonchev–Trinajstić information content (AvgIpc) is 3.34. The Balaban J connectivity index is 1.44. The van der Waals surface area contributed by atoms with Gasteiger partial charge in [0.1, 0.15) is 0 Å². The summed E-state index contributed by atoms with van der Waals surface area (Å²) in [5.41, 5.74) is 4.79. The first-order chi connectivity index (χ1) is 13.5. The first-order valence-corrected chi connectivity index (χ1v) is 9.63. The van der Waals surface area contributed by atoms with E-state index < -0.39 is 12.1 Å². The molecule has 4 rings (SSSR count). The molecule has 2 heterocycles. The minimum atomic E-state index is -0.852. The van der Waals surface area contributed by atoms with Gasteiger partial charge in [-0.2, -0.15) is 0 Å². The van der Waals surface area contributed by atoms with E-state index in [0.717, 1.165) is 22.2 Å². The van der Waals surface area contributed by atoms with Crippen LogP contribution in [-0.4, -0.2) is 27.4 Å². The topological polar surface area (TPSA) is 64.1 Å². The molecular weight excluding hydrogens is 352 g/mol. The lowest BCUT2D eigenvalue weighted by molar-refractivity contribution is -0.140. The van der Waals surface area contributed by atoms with Crippen LogP contribution in [0.1, 0.15) is 53.1 Å². The van der Waals surface area contributed by atoms with Crippen LogP contribution in [0.4, 0.5) is 0 Å². The molecule has 0 radical (unpaired) electrons. The number of nitrogens with one attached hydrogen (secondary N) is 1. The van der Waals surface area contributed by atoms with E-state index >= 15 is 0 Å². The maximum Gasteiger partial charge on any atom is 0.331 e. The summed E-state index contributed by atoms with van der Waals surface area (Å²) in [6, 6.07) is 10.2. The van der Waals surface area contributed by atoms with Crippen LogP contribution in [0, 0.1) is 13.8 Å². The van der Waals surface area contributed by atoms with E-state index in [0.29, 0.717) is 11.6 Å². The van der Waals surface area contributed by atoms with Crippen molar-refractivity contribution in [3.63, 3.8) is 0 Å². The highest BCUT2D eigenvalue weighted by Gasteiger charge is 2.26. The average molecular weight is 376 g/mol. The molecule has 5 heteroatoms. The summed E-state index contributed by atoms with van der Waals surface area (Å²) in [7, 11) is 0. The summed E-state index contributed by atoms with van der Waals surface area (Å²) < 4.78 is 7.67. The highest BCUT2D eigenvalue weighted by atomic mass is 16.5. The number of ether oxygens (including phenoxy) is 1. The molecule has 1 N–H and O–H groups in total. The zero-order valence-electron chi connectivity index (χ0n) is 16.4. The molecule has 2 aromatic heterocycles. The summed E-state index contributed by atoms with van der Waals surface area (Å²) in [5, 5.41) is 0.832. The van der Waals surface area contributed by atoms with E-state index in [4.69, 9.17) is 4.74 Å². The van der Waals surface area contributed by atoms with Crippen molar-refractivity contribution >= 4 is 28.7 Å². The number of aryl methyl sites for hydroxylation is 1. The summed E-state index contributed by atoms with van der Waals surface area (Å²) in [5.74, 6) is -0.733. The number of fused-ring (bicyclic) bond motifs is 1. The lowest BCUT2D eigenvalue weighted by atomic mass is 10.1. The van der Waals surface area contributed by atoms with Crippen molar-refractivity contribution in [2.45, 2.75) is 45.8 Å². The van der Waals surface area contributed by atoms with Gasteiger partial charge in [0.15, 0.2) is 6.10 Å². The Morgan fingerprint density at radius 1 is 1.25 bits per heavy atom. The number of esters is 1. The van der Waals surface area contributed by atoms with Crippen molar-refractivity contribution in [1.82, 2.24) is 9.55 Å². The second kappa shape index (κ2) is 7.15. The summed E-state index contributed by atoms with van der Waals surface area (Å²) >= 11 is 0. The molecule has 1 atom stereocenters. The Kier molecular flexibility index (Phi) is 4.67. The number of rotatable bonds is 6. The molecule has 0 bridgehead atoms. The third kappa shape index (κ3) is 3.40. The third-order valence-electron chi connectivity index (χ3n) is 5.35. The lowest BCUT2D eigenvalue weighted by Crippen LogP contribution is -2.23. The minimum absolute atomic E-state index is 0.217. The van der Waals surface area contributed by atoms with Crippen LogP contribution in [0.5, 0.6) is 0 Å². The minimum Gasteiger partial charge on any atom is -0.451 e. The fraction of sp³-hybridized carbons (Fsp3) is 0.304. The molecule has 0 unspecified atom stereocenters. The third-order valence-corrected chi connectivity index (χ3v) is 5.35. The number of benzene rings is 1. The van der Waals surface area contributed by atoms with Gasteiger partial charge in [0.25, 0.3) is 0 Å². The Labute approximate surface area is 164 Å². The number of ketones is 1. The molecule has 0 saturated heterocycles. The molecular formula is C23H24N2O3. The summed E-state index contributed by atoms with van der Waals surface area (Å²) in [6.07, 6.45) is 6.42. The summed E-state index contributed by atoms with van der Waals surface area (Å²) in [6.45, 7) is 5.76. The van der Waals surface area contributed by atoms with Crippen LogP contribution in [0.3, 0.4) is 0 Å². The number of aromatic nitrogens is 2. The van der Waals surface area contributed by atoms with Gasteiger partial charge in [-0.3, -0.25) is 4.79 Å². The van der Waals surface area contributed by atoms with Crippen LogP contribution >= 0.6 is 0 Å². The van der Waals surface area contributed by atoms with Crippen molar-refractivity contribution in [2.75, 3.05) is 0 Å². The number of nitrogens with zero attached hydrogens (tertiary/aromatic N) is 1. The molecule has 0 spiro atoms. The molecule has 1 saturated carbocycles. The van der Waals surface area contributed by atoms with Crippen LogP contribution < -0.4 is 0 Å². The largest absolute Gasteiger partial charge is 0.451 e. The zero-order chi connectivity index (χ0) is 19.8. The van der Waals surface area contributed by atoms with E-state index in [1.165, 1.54) is 24.6 Å². The molecule has 5 nitrogen and oxygen atoms in total. The van der Waals surface area contributed by atoms with Gasteiger partial charge in [-0.15, -0.1) is 0 Å². The second-order valence-electron chi connectivity index (χ2n) is 7.45. The SMILES string of the molecule is Cc1cc(/C=C/C(=O)O[C@@H](C)C(=O)c2c[nH]c3ccccc23)c(C)n1C1CC1. The van der Waals surface area contributed by atoms with E-state index in [1.807, 2.05) is 24.3 Å². The number of hydrogen-bond donors (Lipinski definition) is 1. The molecule has 3 aromatic rings. The Morgan fingerprint density at radius 3 is 2.75 bits per heavy atom. The molecule has 0 aliphatic heterocycles. The fourth-order valence-electron chi connectivity index (χ4n) is 3.79. The first kappa shape index (κ1) is 18.3. The molecule has 28 heavy (non-hydrogen) atoms.